The lowest BCUT2D eigenvalue weighted by Gasteiger charge is -2.06. The number of likely N-dealkylation sites (N-methyl/N-ethyl adjacent to an activating group) is 1. The van der Waals surface area contributed by atoms with Gasteiger partial charge in [0.05, 0.1) is 6.54 Å². The molecule has 0 saturated heterocycles. The summed E-state index contributed by atoms with van der Waals surface area (Å²) in [6, 6.07) is 4.04. The number of anilines is 1. The first-order chi connectivity index (χ1) is 7.29. The lowest BCUT2D eigenvalue weighted by Crippen LogP contribution is -2.26. The molecule has 0 aromatic carbocycles. The Kier molecular flexibility index (Phi) is 2.85. The zero-order valence-electron chi connectivity index (χ0n) is 8.84. The molecule has 4 heteroatoms. The molecule has 2 rings (SSSR count). The molecule has 0 aliphatic heterocycles. The summed E-state index contributed by atoms with van der Waals surface area (Å²) in [4.78, 5) is 15.5. The zero-order valence-corrected chi connectivity index (χ0v) is 8.84. The predicted octanol–water partition coefficient (Wildman–Crippen LogP) is 0.728. The molecule has 1 heterocycles. The summed E-state index contributed by atoms with van der Waals surface area (Å²) in [6.45, 7) is 0.280. The molecule has 1 aromatic heterocycles. The summed E-state index contributed by atoms with van der Waals surface area (Å²) in [5.74, 6) is 0.761. The van der Waals surface area contributed by atoms with Crippen molar-refractivity contribution in [2.45, 2.75) is 19.3 Å². The highest BCUT2D eigenvalue weighted by molar-refractivity contribution is 5.80. The Balaban J connectivity index is 2.01. The van der Waals surface area contributed by atoms with Crippen molar-refractivity contribution in [3.05, 3.63) is 23.4 Å². The van der Waals surface area contributed by atoms with Crippen LogP contribution in [0.1, 0.15) is 17.7 Å². The number of carbonyl (C=O) groups is 1. The van der Waals surface area contributed by atoms with E-state index in [0.717, 1.165) is 18.7 Å². The maximum absolute atomic E-state index is 11.0. The Morgan fingerprint density at radius 1 is 1.47 bits per heavy atom. The van der Waals surface area contributed by atoms with Crippen molar-refractivity contribution in [3.8, 4) is 0 Å². The number of nitrogens with one attached hydrogen (secondary N) is 2. The van der Waals surface area contributed by atoms with Gasteiger partial charge in [-0.05, 0) is 30.9 Å². The monoisotopic (exact) mass is 205 g/mol. The van der Waals surface area contributed by atoms with Crippen molar-refractivity contribution in [2.24, 2.45) is 0 Å². The van der Waals surface area contributed by atoms with Gasteiger partial charge in [0.15, 0.2) is 0 Å². The predicted molar refractivity (Wildman–Crippen MR) is 58.8 cm³/mol. The highest BCUT2D eigenvalue weighted by atomic mass is 16.1. The molecule has 0 spiro atoms. The Morgan fingerprint density at radius 3 is 3.13 bits per heavy atom. The van der Waals surface area contributed by atoms with Crippen LogP contribution >= 0.6 is 0 Å². The van der Waals surface area contributed by atoms with Crippen LogP contribution in [0.3, 0.4) is 0 Å². The fourth-order valence-electron chi connectivity index (χ4n) is 1.78. The topological polar surface area (TPSA) is 54.0 Å². The maximum atomic E-state index is 11.0. The van der Waals surface area contributed by atoms with E-state index in [1.165, 1.54) is 17.7 Å². The van der Waals surface area contributed by atoms with Gasteiger partial charge in [-0.1, -0.05) is 6.07 Å². The average molecular weight is 205 g/mol. The first-order valence-electron chi connectivity index (χ1n) is 5.23. The SMILES string of the molecule is CNC(=O)CNc1ccc2c(n1)CCC2. The van der Waals surface area contributed by atoms with Crippen molar-refractivity contribution in [2.75, 3.05) is 18.9 Å². The molecule has 1 aliphatic rings. The smallest absolute Gasteiger partial charge is 0.239 e. The minimum Gasteiger partial charge on any atom is -0.361 e. The number of carbonyl (C=O) groups excluding carboxylic acids is 1. The van der Waals surface area contributed by atoms with Crippen molar-refractivity contribution >= 4 is 11.7 Å². The van der Waals surface area contributed by atoms with E-state index in [-0.39, 0.29) is 12.5 Å². The zero-order chi connectivity index (χ0) is 10.7. The number of hydrogen-bond acceptors (Lipinski definition) is 3. The molecule has 0 unspecified atom stereocenters. The maximum Gasteiger partial charge on any atom is 0.239 e. The van der Waals surface area contributed by atoms with Crippen molar-refractivity contribution in [3.63, 3.8) is 0 Å². The standard InChI is InChI=1S/C11H15N3O/c1-12-11(15)7-13-10-6-5-8-3-2-4-9(8)14-10/h5-6H,2-4,7H2,1H3,(H,12,15)(H,13,14). The molecule has 0 saturated carbocycles. The van der Waals surface area contributed by atoms with E-state index in [4.69, 9.17) is 0 Å². The van der Waals surface area contributed by atoms with E-state index < -0.39 is 0 Å². The van der Waals surface area contributed by atoms with E-state index in [0.29, 0.717) is 0 Å². The summed E-state index contributed by atoms with van der Waals surface area (Å²) < 4.78 is 0. The molecule has 15 heavy (non-hydrogen) atoms. The van der Waals surface area contributed by atoms with Crippen LogP contribution in [-0.4, -0.2) is 24.5 Å². The van der Waals surface area contributed by atoms with E-state index in [9.17, 15) is 4.79 Å². The summed E-state index contributed by atoms with van der Waals surface area (Å²) in [5.41, 5.74) is 2.53. The van der Waals surface area contributed by atoms with Gasteiger partial charge in [-0.25, -0.2) is 4.98 Å². The second-order valence-corrected chi connectivity index (χ2v) is 3.68. The third-order valence-electron chi connectivity index (χ3n) is 2.64. The van der Waals surface area contributed by atoms with Gasteiger partial charge in [0.1, 0.15) is 5.82 Å². The quantitative estimate of drug-likeness (QED) is 0.764. The molecular weight excluding hydrogens is 190 g/mol. The van der Waals surface area contributed by atoms with Crippen LogP contribution in [0, 0.1) is 0 Å². The van der Waals surface area contributed by atoms with Crippen LogP contribution in [0.4, 0.5) is 5.82 Å². The van der Waals surface area contributed by atoms with Gasteiger partial charge in [0.2, 0.25) is 5.91 Å². The molecule has 0 bridgehead atoms. The van der Waals surface area contributed by atoms with Gasteiger partial charge in [-0.3, -0.25) is 4.79 Å². The molecule has 1 aromatic rings. The van der Waals surface area contributed by atoms with Crippen LogP contribution in [0.2, 0.25) is 0 Å². The molecule has 0 atom stereocenters. The van der Waals surface area contributed by atoms with Gasteiger partial charge < -0.3 is 10.6 Å². The lowest BCUT2D eigenvalue weighted by atomic mass is 10.2. The lowest BCUT2D eigenvalue weighted by molar-refractivity contribution is -0.118. The molecular formula is C11H15N3O. The number of amides is 1. The van der Waals surface area contributed by atoms with Crippen LogP contribution < -0.4 is 10.6 Å². The summed E-state index contributed by atoms with van der Waals surface area (Å²) in [7, 11) is 1.63. The normalized spacial score (nSPS) is 13.4. The Morgan fingerprint density at radius 2 is 2.33 bits per heavy atom. The van der Waals surface area contributed by atoms with Crippen LogP contribution in [0.15, 0.2) is 12.1 Å². The van der Waals surface area contributed by atoms with Gasteiger partial charge in [0.25, 0.3) is 0 Å². The largest absolute Gasteiger partial charge is 0.361 e. The van der Waals surface area contributed by atoms with E-state index in [2.05, 4.69) is 21.7 Å². The number of fused-ring (bicyclic) bond motifs is 1. The summed E-state index contributed by atoms with van der Waals surface area (Å²) in [6.07, 6.45) is 3.39. The molecule has 0 fully saturated rings. The third-order valence-corrected chi connectivity index (χ3v) is 2.64. The molecule has 0 radical (unpaired) electrons. The van der Waals surface area contributed by atoms with E-state index >= 15 is 0 Å². The number of pyridine rings is 1. The second kappa shape index (κ2) is 4.29. The number of aromatic nitrogens is 1. The van der Waals surface area contributed by atoms with Gasteiger partial charge >= 0.3 is 0 Å². The van der Waals surface area contributed by atoms with Crippen LogP contribution in [0.25, 0.3) is 0 Å². The Labute approximate surface area is 89.1 Å². The highest BCUT2D eigenvalue weighted by Crippen LogP contribution is 2.21. The number of rotatable bonds is 3. The number of aryl methyl sites for hydroxylation is 2. The second-order valence-electron chi connectivity index (χ2n) is 3.68. The van der Waals surface area contributed by atoms with Crippen LogP contribution in [-0.2, 0) is 17.6 Å². The van der Waals surface area contributed by atoms with Crippen LogP contribution in [0.5, 0.6) is 0 Å². The van der Waals surface area contributed by atoms with Gasteiger partial charge in [0, 0.05) is 12.7 Å². The first kappa shape index (κ1) is 9.96. The average Bonchev–Trinajstić information content (AvgIpc) is 2.72. The fraction of sp³-hybridized carbons (Fsp3) is 0.455. The highest BCUT2D eigenvalue weighted by Gasteiger charge is 2.12. The van der Waals surface area contributed by atoms with Crippen molar-refractivity contribution in [1.29, 1.82) is 0 Å². The van der Waals surface area contributed by atoms with Gasteiger partial charge in [-0.2, -0.15) is 0 Å². The Hall–Kier alpha value is -1.58. The molecule has 2 N–H and O–H groups in total. The molecule has 1 aliphatic carbocycles. The Bertz CT molecular complexity index is 376. The van der Waals surface area contributed by atoms with Crippen molar-refractivity contribution in [1.82, 2.24) is 10.3 Å². The minimum absolute atomic E-state index is 0.0303. The molecule has 1 amide bonds. The van der Waals surface area contributed by atoms with Crippen molar-refractivity contribution < 1.29 is 4.79 Å². The fourth-order valence-corrected chi connectivity index (χ4v) is 1.78. The third kappa shape index (κ3) is 2.26. The van der Waals surface area contributed by atoms with Gasteiger partial charge in [-0.15, -0.1) is 0 Å². The molecule has 4 nitrogen and oxygen atoms in total. The summed E-state index contributed by atoms with van der Waals surface area (Å²) in [5, 5.41) is 5.56. The molecule has 80 valence electrons. The number of hydrogen-bond donors (Lipinski definition) is 2. The minimum atomic E-state index is -0.0303. The summed E-state index contributed by atoms with van der Waals surface area (Å²) >= 11 is 0. The first-order valence-corrected chi connectivity index (χ1v) is 5.23. The van der Waals surface area contributed by atoms with E-state index in [1.54, 1.807) is 7.05 Å². The van der Waals surface area contributed by atoms with E-state index in [1.807, 2.05) is 6.07 Å². The number of nitrogens with zero attached hydrogens (tertiary/aromatic N) is 1.